The summed E-state index contributed by atoms with van der Waals surface area (Å²) in [6.07, 6.45) is 0.722. The fourth-order valence-electron chi connectivity index (χ4n) is 2.47. The molecule has 0 radical (unpaired) electrons. The van der Waals surface area contributed by atoms with Crippen molar-refractivity contribution in [3.05, 3.63) is 65.7 Å². The van der Waals surface area contributed by atoms with Gasteiger partial charge in [-0.2, -0.15) is 0 Å². The molecule has 0 aliphatic carbocycles. The molecular formula is C18H19ClN2O. The Hall–Kier alpha value is -2.26. The number of hydrogen-bond donors (Lipinski definition) is 1. The summed E-state index contributed by atoms with van der Waals surface area (Å²) in [7, 11) is 0. The number of benzene rings is 2. The van der Waals surface area contributed by atoms with Crippen molar-refractivity contribution < 1.29 is 4.74 Å². The fourth-order valence-corrected chi connectivity index (χ4v) is 2.47. The Balaban J connectivity index is 0.00000176. The second-order valence-corrected chi connectivity index (χ2v) is 4.94. The number of pyridine rings is 1. The maximum atomic E-state index is 6.11. The van der Waals surface area contributed by atoms with Crippen LogP contribution in [0.4, 0.5) is 5.82 Å². The molecule has 0 saturated carbocycles. The summed E-state index contributed by atoms with van der Waals surface area (Å²) in [4.78, 5) is 4.48. The van der Waals surface area contributed by atoms with Crippen molar-refractivity contribution in [1.29, 1.82) is 0 Å². The fraction of sp³-hybridized carbons (Fsp3) is 0.167. The zero-order valence-corrected chi connectivity index (χ0v) is 13.3. The van der Waals surface area contributed by atoms with Crippen molar-refractivity contribution in [2.75, 3.05) is 12.3 Å². The summed E-state index contributed by atoms with van der Waals surface area (Å²) in [5.41, 5.74) is 9.19. The second kappa shape index (κ2) is 7.14. The molecule has 0 unspecified atom stereocenters. The molecule has 114 valence electrons. The van der Waals surface area contributed by atoms with Gasteiger partial charge in [-0.05, 0) is 36.2 Å². The zero-order valence-electron chi connectivity index (χ0n) is 12.5. The van der Waals surface area contributed by atoms with Gasteiger partial charge in [0.1, 0.15) is 11.6 Å². The lowest BCUT2D eigenvalue weighted by atomic mass is 10.0. The van der Waals surface area contributed by atoms with E-state index in [-0.39, 0.29) is 12.4 Å². The molecule has 2 aromatic carbocycles. The van der Waals surface area contributed by atoms with Crippen LogP contribution in [0.3, 0.4) is 0 Å². The molecule has 1 aromatic heterocycles. The molecule has 0 amide bonds. The highest BCUT2D eigenvalue weighted by Crippen LogP contribution is 2.25. The Labute approximate surface area is 136 Å². The maximum Gasteiger partial charge on any atom is 0.127 e. The Morgan fingerprint density at radius 2 is 1.73 bits per heavy atom. The van der Waals surface area contributed by atoms with Crippen LogP contribution in [0.5, 0.6) is 5.75 Å². The van der Waals surface area contributed by atoms with Crippen LogP contribution in [-0.4, -0.2) is 11.6 Å². The highest BCUT2D eigenvalue weighted by Gasteiger charge is 2.08. The van der Waals surface area contributed by atoms with Crippen molar-refractivity contribution in [3.63, 3.8) is 0 Å². The smallest absolute Gasteiger partial charge is 0.127 e. The average molecular weight is 315 g/mol. The van der Waals surface area contributed by atoms with Crippen LogP contribution < -0.4 is 10.5 Å². The molecule has 0 aliphatic rings. The topological polar surface area (TPSA) is 48.1 Å². The highest BCUT2D eigenvalue weighted by molar-refractivity contribution is 5.85. The summed E-state index contributed by atoms with van der Waals surface area (Å²) >= 11 is 0. The molecule has 0 aliphatic heterocycles. The van der Waals surface area contributed by atoms with E-state index in [2.05, 4.69) is 23.2 Å². The number of ether oxygens (including phenoxy) is 1. The van der Waals surface area contributed by atoms with E-state index in [1.165, 1.54) is 0 Å². The van der Waals surface area contributed by atoms with E-state index in [1.807, 2.05) is 43.3 Å². The minimum Gasteiger partial charge on any atom is -0.494 e. The van der Waals surface area contributed by atoms with Gasteiger partial charge in [0.15, 0.2) is 0 Å². The lowest BCUT2D eigenvalue weighted by Gasteiger charge is -2.11. The number of aromatic nitrogens is 1. The molecule has 0 saturated heterocycles. The van der Waals surface area contributed by atoms with Crippen molar-refractivity contribution in [1.82, 2.24) is 4.98 Å². The third-order valence-electron chi connectivity index (χ3n) is 3.49. The van der Waals surface area contributed by atoms with Gasteiger partial charge in [-0.1, -0.05) is 36.4 Å². The number of para-hydroxylation sites is 2. The van der Waals surface area contributed by atoms with Gasteiger partial charge in [0, 0.05) is 11.8 Å². The van der Waals surface area contributed by atoms with E-state index < -0.39 is 0 Å². The summed E-state index contributed by atoms with van der Waals surface area (Å²) in [5, 5.41) is 1.11. The molecule has 0 atom stereocenters. The molecule has 22 heavy (non-hydrogen) atoms. The molecule has 2 N–H and O–H groups in total. The minimum atomic E-state index is 0. The van der Waals surface area contributed by atoms with Gasteiger partial charge in [0.2, 0.25) is 0 Å². The number of nitrogen functional groups attached to an aromatic ring is 1. The van der Waals surface area contributed by atoms with Gasteiger partial charge in [0.25, 0.3) is 0 Å². The first kappa shape index (κ1) is 16.1. The lowest BCUT2D eigenvalue weighted by molar-refractivity contribution is 0.337. The average Bonchev–Trinajstić information content (AvgIpc) is 2.50. The van der Waals surface area contributed by atoms with Gasteiger partial charge in [0.05, 0.1) is 12.1 Å². The molecule has 0 spiro atoms. The van der Waals surface area contributed by atoms with Crippen LogP contribution in [0.2, 0.25) is 0 Å². The first-order valence-corrected chi connectivity index (χ1v) is 7.12. The van der Waals surface area contributed by atoms with Crippen molar-refractivity contribution in [2.24, 2.45) is 0 Å². The first-order chi connectivity index (χ1) is 10.3. The van der Waals surface area contributed by atoms with Gasteiger partial charge in [-0.25, -0.2) is 4.98 Å². The predicted molar refractivity (Wildman–Crippen MR) is 93.8 cm³/mol. The molecule has 0 fully saturated rings. The van der Waals surface area contributed by atoms with Crippen LogP contribution in [-0.2, 0) is 6.42 Å². The van der Waals surface area contributed by atoms with E-state index in [1.54, 1.807) is 0 Å². The van der Waals surface area contributed by atoms with E-state index in [0.29, 0.717) is 12.4 Å². The van der Waals surface area contributed by atoms with Gasteiger partial charge in [-0.3, -0.25) is 0 Å². The zero-order chi connectivity index (χ0) is 14.7. The van der Waals surface area contributed by atoms with Crippen LogP contribution >= 0.6 is 12.4 Å². The van der Waals surface area contributed by atoms with E-state index in [4.69, 9.17) is 10.5 Å². The Morgan fingerprint density at radius 3 is 2.55 bits per heavy atom. The largest absolute Gasteiger partial charge is 0.494 e. The van der Waals surface area contributed by atoms with Crippen molar-refractivity contribution >= 4 is 29.1 Å². The summed E-state index contributed by atoms with van der Waals surface area (Å²) in [6.45, 7) is 2.64. The molecule has 3 rings (SSSR count). The first-order valence-electron chi connectivity index (χ1n) is 7.12. The number of nitrogens with zero attached hydrogens (tertiary/aromatic N) is 1. The quantitative estimate of drug-likeness (QED) is 0.784. The minimum absolute atomic E-state index is 0. The van der Waals surface area contributed by atoms with Gasteiger partial charge < -0.3 is 10.5 Å². The summed E-state index contributed by atoms with van der Waals surface area (Å²) in [5.74, 6) is 1.49. The molecule has 0 bridgehead atoms. The van der Waals surface area contributed by atoms with Crippen LogP contribution in [0.15, 0.2) is 54.6 Å². The Morgan fingerprint density at radius 1 is 1.00 bits per heavy atom. The van der Waals surface area contributed by atoms with Crippen LogP contribution in [0.25, 0.3) is 10.9 Å². The SMILES string of the molecule is CCOc1ccccc1Cc1cc2ccccc2nc1N.Cl. The standard InChI is InChI=1S/C18H18N2O.ClH/c1-2-21-17-10-6-4-8-14(17)12-15-11-13-7-3-5-9-16(13)20-18(15)19;/h3-11H,2,12H2,1H3,(H2,19,20);1H. The summed E-state index contributed by atoms with van der Waals surface area (Å²) < 4.78 is 5.68. The molecular weight excluding hydrogens is 296 g/mol. The number of halogens is 1. The summed E-state index contributed by atoms with van der Waals surface area (Å²) in [6, 6.07) is 18.2. The number of fused-ring (bicyclic) bond motifs is 1. The van der Waals surface area contributed by atoms with Crippen molar-refractivity contribution in [3.8, 4) is 5.75 Å². The Kier molecular flexibility index (Phi) is 5.23. The third kappa shape index (κ3) is 3.31. The second-order valence-electron chi connectivity index (χ2n) is 4.94. The van der Waals surface area contributed by atoms with Crippen molar-refractivity contribution in [2.45, 2.75) is 13.3 Å². The van der Waals surface area contributed by atoms with E-state index in [9.17, 15) is 0 Å². The number of anilines is 1. The maximum absolute atomic E-state index is 6.11. The number of rotatable bonds is 4. The highest BCUT2D eigenvalue weighted by atomic mass is 35.5. The van der Waals surface area contributed by atoms with E-state index >= 15 is 0 Å². The molecule has 4 heteroatoms. The normalized spacial score (nSPS) is 10.2. The molecule has 1 heterocycles. The predicted octanol–water partition coefficient (Wildman–Crippen LogP) is 4.23. The monoisotopic (exact) mass is 314 g/mol. The lowest BCUT2D eigenvalue weighted by Crippen LogP contribution is -2.02. The van der Waals surface area contributed by atoms with Gasteiger partial charge >= 0.3 is 0 Å². The van der Waals surface area contributed by atoms with E-state index in [0.717, 1.165) is 34.2 Å². The Bertz CT molecular complexity index is 774. The third-order valence-corrected chi connectivity index (χ3v) is 3.49. The number of nitrogens with two attached hydrogens (primary N) is 1. The van der Waals surface area contributed by atoms with Gasteiger partial charge in [-0.15, -0.1) is 12.4 Å². The van der Waals surface area contributed by atoms with Crippen LogP contribution in [0, 0.1) is 0 Å². The molecule has 3 nitrogen and oxygen atoms in total. The van der Waals surface area contributed by atoms with Crippen LogP contribution in [0.1, 0.15) is 18.1 Å². The number of hydrogen-bond acceptors (Lipinski definition) is 3. The molecule has 3 aromatic rings.